The number of unbranched alkanes of at least 4 members (excludes halogenated alkanes) is 2. The second-order valence-electron chi connectivity index (χ2n) is 4.49. The molecule has 2 N–H and O–H groups in total. The second kappa shape index (κ2) is 6.89. The Hall–Kier alpha value is -1.88. The Bertz CT molecular complexity index is 510. The number of ether oxygens (including phenoxy) is 1. The average Bonchev–Trinajstić information content (AvgIpc) is 2.87. The molecule has 0 aliphatic carbocycles. The summed E-state index contributed by atoms with van der Waals surface area (Å²) in [4.78, 5) is 8.34. The zero-order valence-corrected chi connectivity index (χ0v) is 11.2. The fourth-order valence-electron chi connectivity index (χ4n) is 2.05. The fourth-order valence-corrected chi connectivity index (χ4v) is 2.05. The van der Waals surface area contributed by atoms with Crippen LogP contribution in [-0.4, -0.2) is 28.3 Å². The minimum Gasteiger partial charge on any atom is -0.398 e. The highest BCUT2D eigenvalue weighted by Gasteiger charge is 2.08. The van der Waals surface area contributed by atoms with Crippen LogP contribution < -0.4 is 5.73 Å². The molecule has 0 atom stereocenters. The number of pyridine rings is 1. The van der Waals surface area contributed by atoms with Gasteiger partial charge in [-0.1, -0.05) is 0 Å². The van der Waals surface area contributed by atoms with Gasteiger partial charge < -0.3 is 15.0 Å². The van der Waals surface area contributed by atoms with Gasteiger partial charge in [-0.3, -0.25) is 4.98 Å². The number of hydrogen-bond acceptors (Lipinski definition) is 4. The molecule has 0 saturated heterocycles. The summed E-state index contributed by atoms with van der Waals surface area (Å²) in [6.45, 7) is 1.76. The van der Waals surface area contributed by atoms with Gasteiger partial charge in [-0.25, -0.2) is 4.98 Å². The Labute approximate surface area is 113 Å². The monoisotopic (exact) mass is 260 g/mol. The Morgan fingerprint density at radius 3 is 2.89 bits per heavy atom. The SMILES string of the molecule is COCCCCCn1cncc1-c1cnccc1N. The minimum absolute atomic E-state index is 0.733. The van der Waals surface area contributed by atoms with Crippen molar-refractivity contribution >= 4 is 5.69 Å². The van der Waals surface area contributed by atoms with Gasteiger partial charge in [-0.05, 0) is 25.3 Å². The standard InChI is InChI=1S/C14H20N4O/c1-19-8-4-2-3-7-18-11-17-10-14(18)12-9-16-6-5-13(12)15/h5-6,9-11H,2-4,7-8H2,1H3,(H2,15,16). The molecule has 0 aliphatic rings. The third-order valence-corrected chi connectivity index (χ3v) is 3.09. The van der Waals surface area contributed by atoms with Crippen molar-refractivity contribution in [1.29, 1.82) is 0 Å². The number of hydrogen-bond donors (Lipinski definition) is 1. The van der Waals surface area contributed by atoms with Crippen molar-refractivity contribution in [3.63, 3.8) is 0 Å². The number of nitrogens with two attached hydrogens (primary N) is 1. The Balaban J connectivity index is 2.00. The molecule has 0 saturated carbocycles. The van der Waals surface area contributed by atoms with E-state index < -0.39 is 0 Å². The molecule has 0 aromatic carbocycles. The lowest BCUT2D eigenvalue weighted by molar-refractivity contribution is 0.191. The molecular formula is C14H20N4O. The first-order valence-electron chi connectivity index (χ1n) is 6.52. The average molecular weight is 260 g/mol. The molecule has 0 radical (unpaired) electrons. The number of nitrogen functional groups attached to an aromatic ring is 1. The molecule has 5 heteroatoms. The number of imidazole rings is 1. The van der Waals surface area contributed by atoms with Crippen LogP contribution in [0.5, 0.6) is 0 Å². The first-order chi connectivity index (χ1) is 9.33. The van der Waals surface area contributed by atoms with Crippen LogP contribution >= 0.6 is 0 Å². The van der Waals surface area contributed by atoms with Gasteiger partial charge >= 0.3 is 0 Å². The number of anilines is 1. The molecule has 0 fully saturated rings. The zero-order valence-electron chi connectivity index (χ0n) is 11.2. The van der Waals surface area contributed by atoms with Gasteiger partial charge in [-0.15, -0.1) is 0 Å². The Morgan fingerprint density at radius 2 is 2.11 bits per heavy atom. The molecular weight excluding hydrogens is 240 g/mol. The summed E-state index contributed by atoms with van der Waals surface area (Å²) < 4.78 is 7.17. The van der Waals surface area contributed by atoms with Crippen molar-refractivity contribution in [3.8, 4) is 11.3 Å². The maximum absolute atomic E-state index is 5.98. The van der Waals surface area contributed by atoms with E-state index in [4.69, 9.17) is 10.5 Å². The largest absolute Gasteiger partial charge is 0.398 e. The van der Waals surface area contributed by atoms with E-state index in [1.165, 1.54) is 0 Å². The number of nitrogens with zero attached hydrogens (tertiary/aromatic N) is 3. The summed E-state index contributed by atoms with van der Waals surface area (Å²) in [5.74, 6) is 0. The number of aromatic nitrogens is 3. The first kappa shape index (κ1) is 13.5. The molecule has 0 amide bonds. The predicted molar refractivity (Wildman–Crippen MR) is 75.6 cm³/mol. The third kappa shape index (κ3) is 3.54. The van der Waals surface area contributed by atoms with E-state index in [-0.39, 0.29) is 0 Å². The van der Waals surface area contributed by atoms with Gasteiger partial charge in [0.05, 0.1) is 18.2 Å². The van der Waals surface area contributed by atoms with E-state index >= 15 is 0 Å². The Kier molecular flexibility index (Phi) is 4.92. The van der Waals surface area contributed by atoms with Crippen LogP contribution in [0.2, 0.25) is 0 Å². The number of rotatable bonds is 7. The van der Waals surface area contributed by atoms with Crippen molar-refractivity contribution in [2.24, 2.45) is 0 Å². The van der Waals surface area contributed by atoms with Crippen LogP contribution in [0.25, 0.3) is 11.3 Å². The molecule has 102 valence electrons. The molecule has 2 aromatic rings. The molecule has 2 rings (SSSR count). The van der Waals surface area contributed by atoms with Crippen molar-refractivity contribution < 1.29 is 4.74 Å². The fraction of sp³-hybridized carbons (Fsp3) is 0.429. The lowest BCUT2D eigenvalue weighted by Gasteiger charge is -2.09. The van der Waals surface area contributed by atoms with Gasteiger partial charge in [0.1, 0.15) is 0 Å². The molecule has 0 spiro atoms. The topological polar surface area (TPSA) is 66.0 Å². The van der Waals surface area contributed by atoms with Crippen LogP contribution in [0.4, 0.5) is 5.69 Å². The first-order valence-corrected chi connectivity index (χ1v) is 6.52. The van der Waals surface area contributed by atoms with E-state index in [9.17, 15) is 0 Å². The molecule has 2 aromatic heterocycles. The summed E-state index contributed by atoms with van der Waals surface area (Å²) in [7, 11) is 1.74. The molecule has 5 nitrogen and oxygen atoms in total. The van der Waals surface area contributed by atoms with Crippen molar-refractivity contribution in [3.05, 3.63) is 31.0 Å². The summed E-state index contributed by atoms with van der Waals surface area (Å²) in [6, 6.07) is 1.81. The number of methoxy groups -OCH3 is 1. The van der Waals surface area contributed by atoms with Gasteiger partial charge in [0.2, 0.25) is 0 Å². The highest BCUT2D eigenvalue weighted by atomic mass is 16.5. The summed E-state index contributed by atoms with van der Waals surface area (Å²) >= 11 is 0. The molecule has 19 heavy (non-hydrogen) atoms. The van der Waals surface area contributed by atoms with E-state index in [0.29, 0.717) is 0 Å². The summed E-state index contributed by atoms with van der Waals surface area (Å²) in [5, 5.41) is 0. The van der Waals surface area contributed by atoms with Crippen LogP contribution in [0.1, 0.15) is 19.3 Å². The van der Waals surface area contributed by atoms with Gasteiger partial charge in [0.15, 0.2) is 0 Å². The predicted octanol–water partition coefficient (Wildman–Crippen LogP) is 2.34. The molecule has 0 unspecified atom stereocenters. The van der Waals surface area contributed by atoms with Gasteiger partial charge in [0.25, 0.3) is 0 Å². The van der Waals surface area contributed by atoms with Crippen molar-refractivity contribution in [1.82, 2.24) is 14.5 Å². The van der Waals surface area contributed by atoms with Crippen LogP contribution in [-0.2, 0) is 11.3 Å². The molecule has 0 aliphatic heterocycles. The van der Waals surface area contributed by atoms with E-state index in [1.807, 2.05) is 18.6 Å². The number of aryl methyl sites for hydroxylation is 1. The normalized spacial score (nSPS) is 10.8. The highest BCUT2D eigenvalue weighted by molar-refractivity contribution is 5.72. The lowest BCUT2D eigenvalue weighted by atomic mass is 10.2. The summed E-state index contributed by atoms with van der Waals surface area (Å²) in [5.41, 5.74) is 8.68. The third-order valence-electron chi connectivity index (χ3n) is 3.09. The van der Waals surface area contributed by atoms with E-state index in [0.717, 1.165) is 49.4 Å². The lowest BCUT2D eigenvalue weighted by Crippen LogP contribution is -2.01. The van der Waals surface area contributed by atoms with Crippen molar-refractivity contribution in [2.75, 3.05) is 19.5 Å². The van der Waals surface area contributed by atoms with Crippen molar-refractivity contribution in [2.45, 2.75) is 25.8 Å². The van der Waals surface area contributed by atoms with Crippen LogP contribution in [0.3, 0.4) is 0 Å². The smallest absolute Gasteiger partial charge is 0.0950 e. The zero-order chi connectivity index (χ0) is 13.5. The quantitative estimate of drug-likeness (QED) is 0.776. The molecule has 0 bridgehead atoms. The van der Waals surface area contributed by atoms with Gasteiger partial charge in [0, 0.05) is 43.9 Å². The highest BCUT2D eigenvalue weighted by Crippen LogP contribution is 2.24. The van der Waals surface area contributed by atoms with Gasteiger partial charge in [-0.2, -0.15) is 0 Å². The van der Waals surface area contributed by atoms with E-state index in [2.05, 4.69) is 14.5 Å². The maximum atomic E-state index is 5.98. The van der Waals surface area contributed by atoms with E-state index in [1.54, 1.807) is 19.5 Å². The second-order valence-corrected chi connectivity index (χ2v) is 4.49. The Morgan fingerprint density at radius 1 is 1.21 bits per heavy atom. The minimum atomic E-state index is 0.733. The van der Waals surface area contributed by atoms with Crippen LogP contribution in [0, 0.1) is 0 Å². The summed E-state index contributed by atoms with van der Waals surface area (Å²) in [6.07, 6.45) is 10.5. The van der Waals surface area contributed by atoms with Crippen LogP contribution in [0.15, 0.2) is 31.0 Å². The maximum Gasteiger partial charge on any atom is 0.0950 e. The molecule has 2 heterocycles.